The maximum absolute atomic E-state index is 13.8. The molecule has 4 aromatic rings. The number of carbonyl (C=O) groups excluding carboxylic acids is 2. The number of esters is 1. The van der Waals surface area contributed by atoms with Crippen LogP contribution in [0.15, 0.2) is 71.9 Å². The number of nitrogens with zero attached hydrogens (tertiary/aromatic N) is 4. The predicted octanol–water partition coefficient (Wildman–Crippen LogP) is 5.50. The monoisotopic (exact) mass is 618 g/mol. The number of carbonyl (C=O) groups is 2. The van der Waals surface area contributed by atoms with Crippen molar-refractivity contribution in [1.29, 1.82) is 0 Å². The Labute approximate surface area is 248 Å². The zero-order valence-electron chi connectivity index (χ0n) is 22.6. The van der Waals surface area contributed by atoms with E-state index >= 15 is 0 Å². The number of anilines is 1. The SMILES string of the molecule is CCCCOC(=O)CN(c1ccc2c(ccn2-c2cc(C(=O)N(C)OC)ccn2)c1)S(=O)(=O)c1cc(Cl)cc(Cl)c1. The fourth-order valence-electron chi connectivity index (χ4n) is 4.05. The van der Waals surface area contributed by atoms with Gasteiger partial charge >= 0.3 is 5.97 Å². The fourth-order valence-corrected chi connectivity index (χ4v) is 6.17. The van der Waals surface area contributed by atoms with Crippen LogP contribution in [-0.2, 0) is 24.4 Å². The smallest absolute Gasteiger partial charge is 0.326 e. The fraction of sp³-hybridized carbons (Fsp3) is 0.250. The molecule has 41 heavy (non-hydrogen) atoms. The van der Waals surface area contributed by atoms with Crippen LogP contribution in [0.4, 0.5) is 5.69 Å². The predicted molar refractivity (Wildman–Crippen MR) is 157 cm³/mol. The average Bonchev–Trinajstić information content (AvgIpc) is 3.38. The second kappa shape index (κ2) is 12.9. The number of rotatable bonds is 11. The highest BCUT2D eigenvalue weighted by Crippen LogP contribution is 2.31. The molecule has 0 saturated carbocycles. The highest BCUT2D eigenvalue weighted by Gasteiger charge is 2.29. The molecular formula is C28H28Cl2N4O6S. The quantitative estimate of drug-likeness (QED) is 0.124. The molecule has 216 valence electrons. The molecule has 13 heteroatoms. The number of hydrogen-bond donors (Lipinski definition) is 0. The Balaban J connectivity index is 1.74. The zero-order valence-corrected chi connectivity index (χ0v) is 24.9. The number of hydroxylamine groups is 2. The minimum absolute atomic E-state index is 0.138. The summed E-state index contributed by atoms with van der Waals surface area (Å²) < 4.78 is 35.6. The van der Waals surface area contributed by atoms with E-state index in [9.17, 15) is 18.0 Å². The third kappa shape index (κ3) is 6.82. The Kier molecular flexibility index (Phi) is 9.54. The van der Waals surface area contributed by atoms with Crippen molar-refractivity contribution in [2.75, 3.05) is 31.6 Å². The number of halogens is 2. The molecule has 0 aliphatic rings. The van der Waals surface area contributed by atoms with Crippen LogP contribution in [0.25, 0.3) is 16.7 Å². The van der Waals surface area contributed by atoms with Gasteiger partial charge in [-0.1, -0.05) is 36.5 Å². The molecule has 2 aromatic carbocycles. The molecule has 2 aromatic heterocycles. The Morgan fingerprint density at radius 2 is 1.76 bits per heavy atom. The molecule has 2 heterocycles. The first-order valence-corrected chi connectivity index (χ1v) is 14.8. The van der Waals surface area contributed by atoms with Crippen molar-refractivity contribution in [3.63, 3.8) is 0 Å². The van der Waals surface area contributed by atoms with Gasteiger partial charge in [-0.2, -0.15) is 0 Å². The molecule has 4 rings (SSSR count). The van der Waals surface area contributed by atoms with Gasteiger partial charge in [-0.3, -0.25) is 18.7 Å². The van der Waals surface area contributed by atoms with Crippen LogP contribution in [0.5, 0.6) is 0 Å². The van der Waals surface area contributed by atoms with E-state index in [-0.39, 0.29) is 33.1 Å². The van der Waals surface area contributed by atoms with Crippen LogP contribution in [0.2, 0.25) is 10.0 Å². The van der Waals surface area contributed by atoms with Gasteiger partial charge < -0.3 is 9.30 Å². The van der Waals surface area contributed by atoms with E-state index in [1.54, 1.807) is 47.2 Å². The van der Waals surface area contributed by atoms with Crippen LogP contribution >= 0.6 is 23.2 Å². The lowest BCUT2D eigenvalue weighted by Gasteiger charge is -2.24. The van der Waals surface area contributed by atoms with Gasteiger partial charge in [-0.15, -0.1) is 0 Å². The van der Waals surface area contributed by atoms with Gasteiger partial charge in [-0.05, 0) is 61.0 Å². The van der Waals surface area contributed by atoms with Crippen molar-refractivity contribution < 1.29 is 27.6 Å². The summed E-state index contributed by atoms with van der Waals surface area (Å²) >= 11 is 12.2. The molecular weight excluding hydrogens is 591 g/mol. The molecule has 0 unspecified atom stereocenters. The maximum Gasteiger partial charge on any atom is 0.326 e. The summed E-state index contributed by atoms with van der Waals surface area (Å²) in [4.78, 5) is 34.4. The molecule has 10 nitrogen and oxygen atoms in total. The van der Waals surface area contributed by atoms with Gasteiger partial charge in [0, 0.05) is 40.4 Å². The zero-order chi connectivity index (χ0) is 29.7. The highest BCUT2D eigenvalue weighted by molar-refractivity contribution is 7.92. The number of pyridine rings is 1. The van der Waals surface area contributed by atoms with E-state index in [0.717, 1.165) is 15.8 Å². The number of ether oxygens (including phenoxy) is 1. The molecule has 0 bridgehead atoms. The Bertz CT molecular complexity index is 1670. The van der Waals surface area contributed by atoms with Crippen LogP contribution in [-0.4, -0.2) is 62.2 Å². The summed E-state index contributed by atoms with van der Waals surface area (Å²) in [6, 6.07) is 13.9. The summed E-state index contributed by atoms with van der Waals surface area (Å²) in [5, 5.41) is 2.05. The Morgan fingerprint density at radius 3 is 2.44 bits per heavy atom. The topological polar surface area (TPSA) is 111 Å². The lowest BCUT2D eigenvalue weighted by atomic mass is 10.2. The van der Waals surface area contributed by atoms with Gasteiger partial charge in [0.25, 0.3) is 15.9 Å². The van der Waals surface area contributed by atoms with Crippen LogP contribution in [0.1, 0.15) is 30.1 Å². The number of unbranched alkanes of at least 4 members (excludes halogenated alkanes) is 1. The molecule has 0 radical (unpaired) electrons. The van der Waals surface area contributed by atoms with E-state index in [4.69, 9.17) is 32.8 Å². The first-order valence-electron chi connectivity index (χ1n) is 12.6. The molecule has 0 N–H and O–H groups in total. The standard InChI is InChI=1S/C28H28Cl2N4O6S/c1-4-5-12-40-27(35)18-34(41(37,38)24-16-21(29)15-22(30)17-24)23-6-7-25-19(13-23)9-11-33(25)26-14-20(8-10-31-26)28(36)32(2)39-3/h6-11,13-17H,4-5,12,18H2,1-3H3. The lowest BCUT2D eigenvalue weighted by molar-refractivity contribution is -0.141. The summed E-state index contributed by atoms with van der Waals surface area (Å²) in [6.07, 6.45) is 4.74. The number of sulfonamides is 1. The third-order valence-electron chi connectivity index (χ3n) is 6.22. The van der Waals surface area contributed by atoms with Crippen molar-refractivity contribution in [3.05, 3.63) is 82.6 Å². The van der Waals surface area contributed by atoms with Gasteiger partial charge in [0.15, 0.2) is 0 Å². The van der Waals surface area contributed by atoms with Gasteiger partial charge in [-0.25, -0.2) is 18.5 Å². The van der Waals surface area contributed by atoms with E-state index in [2.05, 4.69) is 4.98 Å². The lowest BCUT2D eigenvalue weighted by Crippen LogP contribution is -2.36. The minimum atomic E-state index is -4.27. The Hall–Kier alpha value is -3.64. The molecule has 0 aliphatic heterocycles. The van der Waals surface area contributed by atoms with Crippen molar-refractivity contribution in [2.24, 2.45) is 0 Å². The van der Waals surface area contributed by atoms with Crippen LogP contribution in [0.3, 0.4) is 0 Å². The van der Waals surface area contributed by atoms with Crippen LogP contribution in [0, 0.1) is 0 Å². The van der Waals surface area contributed by atoms with Gasteiger partial charge in [0.05, 0.1) is 29.8 Å². The van der Waals surface area contributed by atoms with Gasteiger partial charge in [0.2, 0.25) is 0 Å². The molecule has 0 saturated heterocycles. The summed E-state index contributed by atoms with van der Waals surface area (Å²) in [7, 11) is -1.37. The largest absolute Gasteiger partial charge is 0.464 e. The number of amides is 1. The molecule has 0 fully saturated rings. The molecule has 0 spiro atoms. The number of hydrogen-bond acceptors (Lipinski definition) is 7. The summed E-state index contributed by atoms with van der Waals surface area (Å²) in [5.74, 6) is -0.567. The first-order chi connectivity index (χ1) is 19.5. The van der Waals surface area contributed by atoms with Crippen molar-refractivity contribution in [1.82, 2.24) is 14.6 Å². The highest BCUT2D eigenvalue weighted by atomic mass is 35.5. The average molecular weight is 620 g/mol. The number of fused-ring (bicyclic) bond motifs is 1. The second-order valence-corrected chi connectivity index (χ2v) is 11.7. The van der Waals surface area contributed by atoms with E-state index < -0.39 is 22.5 Å². The maximum atomic E-state index is 13.8. The van der Waals surface area contributed by atoms with E-state index in [0.29, 0.717) is 28.7 Å². The minimum Gasteiger partial charge on any atom is -0.464 e. The van der Waals surface area contributed by atoms with Gasteiger partial charge in [0.1, 0.15) is 12.4 Å². The van der Waals surface area contributed by atoms with Crippen molar-refractivity contribution in [3.8, 4) is 5.82 Å². The number of benzene rings is 2. The third-order valence-corrected chi connectivity index (χ3v) is 8.41. The summed E-state index contributed by atoms with van der Waals surface area (Å²) in [6.45, 7) is 1.58. The van der Waals surface area contributed by atoms with Crippen molar-refractivity contribution >= 4 is 61.7 Å². The molecule has 0 aliphatic carbocycles. The summed E-state index contributed by atoms with van der Waals surface area (Å²) in [5.41, 5.74) is 1.30. The van der Waals surface area contributed by atoms with E-state index in [1.807, 2.05) is 6.92 Å². The molecule has 0 atom stereocenters. The number of aromatic nitrogens is 2. The first kappa shape index (κ1) is 30.3. The van der Waals surface area contributed by atoms with Crippen molar-refractivity contribution in [2.45, 2.75) is 24.7 Å². The van der Waals surface area contributed by atoms with Crippen LogP contribution < -0.4 is 4.31 Å². The second-order valence-electron chi connectivity index (χ2n) is 9.01. The normalized spacial score (nSPS) is 11.4. The molecule has 1 amide bonds. The Morgan fingerprint density at radius 1 is 1.02 bits per heavy atom. The van der Waals surface area contributed by atoms with E-state index in [1.165, 1.54) is 38.6 Å².